The van der Waals surface area contributed by atoms with E-state index in [0.29, 0.717) is 11.8 Å². The SMILES string of the molecule is Cc1ccc2c(c1)Oc1cccnc1[C@H]1CN(C)C[C@H]21. The molecule has 0 radical (unpaired) electrons. The molecule has 20 heavy (non-hydrogen) atoms. The number of hydrogen-bond donors (Lipinski definition) is 0. The van der Waals surface area contributed by atoms with Crippen LogP contribution in [0.5, 0.6) is 11.5 Å². The summed E-state index contributed by atoms with van der Waals surface area (Å²) in [5.74, 6) is 2.83. The molecule has 2 atom stereocenters. The Bertz CT molecular complexity index is 668. The largest absolute Gasteiger partial charge is 0.455 e. The Morgan fingerprint density at radius 3 is 2.90 bits per heavy atom. The molecule has 4 rings (SSSR count). The molecule has 1 fully saturated rings. The molecule has 2 aliphatic rings. The number of pyridine rings is 1. The number of likely N-dealkylation sites (tertiary alicyclic amines) is 1. The van der Waals surface area contributed by atoms with E-state index in [1.807, 2.05) is 18.3 Å². The first-order chi connectivity index (χ1) is 9.72. The summed E-state index contributed by atoms with van der Waals surface area (Å²) in [6, 6.07) is 10.5. The van der Waals surface area contributed by atoms with Crippen molar-refractivity contribution in [1.82, 2.24) is 9.88 Å². The summed E-state index contributed by atoms with van der Waals surface area (Å²) in [7, 11) is 2.19. The molecule has 3 heterocycles. The quantitative estimate of drug-likeness (QED) is 0.731. The molecule has 102 valence electrons. The molecule has 1 aromatic carbocycles. The van der Waals surface area contributed by atoms with Gasteiger partial charge in [-0.1, -0.05) is 12.1 Å². The highest BCUT2D eigenvalue weighted by Gasteiger charge is 2.39. The molecular formula is C17H18N2O. The molecule has 0 saturated carbocycles. The lowest BCUT2D eigenvalue weighted by molar-refractivity contribution is 0.400. The maximum absolute atomic E-state index is 6.17. The predicted octanol–water partition coefficient (Wildman–Crippen LogP) is 3.31. The Balaban J connectivity index is 1.93. The van der Waals surface area contributed by atoms with Gasteiger partial charge in [-0.2, -0.15) is 0 Å². The van der Waals surface area contributed by atoms with Crippen LogP contribution >= 0.6 is 0 Å². The molecule has 3 nitrogen and oxygen atoms in total. The molecule has 0 amide bonds. The highest BCUT2D eigenvalue weighted by atomic mass is 16.5. The van der Waals surface area contributed by atoms with Crippen molar-refractivity contribution < 1.29 is 4.74 Å². The zero-order valence-electron chi connectivity index (χ0n) is 11.8. The van der Waals surface area contributed by atoms with Gasteiger partial charge in [-0.25, -0.2) is 0 Å². The first-order valence-electron chi connectivity index (χ1n) is 7.14. The van der Waals surface area contributed by atoms with E-state index in [4.69, 9.17) is 4.74 Å². The zero-order valence-corrected chi connectivity index (χ0v) is 11.8. The van der Waals surface area contributed by atoms with Crippen LogP contribution in [0.3, 0.4) is 0 Å². The van der Waals surface area contributed by atoms with Crippen LogP contribution in [0.4, 0.5) is 0 Å². The molecule has 0 unspecified atom stereocenters. The second-order valence-corrected chi connectivity index (χ2v) is 5.96. The van der Waals surface area contributed by atoms with E-state index in [1.165, 1.54) is 11.1 Å². The number of nitrogens with zero attached hydrogens (tertiary/aromatic N) is 2. The third-order valence-electron chi connectivity index (χ3n) is 4.44. The summed E-state index contributed by atoms with van der Waals surface area (Å²) in [6.45, 7) is 4.22. The van der Waals surface area contributed by atoms with Crippen molar-refractivity contribution in [2.45, 2.75) is 18.8 Å². The monoisotopic (exact) mass is 266 g/mol. The number of fused-ring (bicyclic) bond motifs is 5. The topological polar surface area (TPSA) is 25.4 Å². The lowest BCUT2D eigenvalue weighted by Gasteiger charge is -2.16. The Hall–Kier alpha value is -1.87. The number of hydrogen-bond acceptors (Lipinski definition) is 3. The van der Waals surface area contributed by atoms with Gasteiger partial charge in [-0.15, -0.1) is 0 Å². The second kappa shape index (κ2) is 4.32. The van der Waals surface area contributed by atoms with Crippen molar-refractivity contribution in [2.75, 3.05) is 20.1 Å². The Kier molecular flexibility index (Phi) is 2.57. The van der Waals surface area contributed by atoms with Gasteiger partial charge in [0.1, 0.15) is 11.5 Å². The summed E-state index contributed by atoms with van der Waals surface area (Å²) in [6.07, 6.45) is 1.87. The summed E-state index contributed by atoms with van der Waals surface area (Å²) in [4.78, 5) is 7.00. The highest BCUT2D eigenvalue weighted by molar-refractivity contribution is 5.49. The van der Waals surface area contributed by atoms with Gasteiger partial charge in [0.05, 0.1) is 5.69 Å². The molecular weight excluding hydrogens is 248 g/mol. The van der Waals surface area contributed by atoms with E-state index in [2.05, 4.69) is 42.1 Å². The van der Waals surface area contributed by atoms with Crippen LogP contribution in [-0.2, 0) is 0 Å². The minimum atomic E-state index is 0.431. The fourth-order valence-corrected chi connectivity index (χ4v) is 3.51. The average Bonchev–Trinajstić information content (AvgIpc) is 2.76. The third-order valence-corrected chi connectivity index (χ3v) is 4.44. The summed E-state index contributed by atoms with van der Waals surface area (Å²) in [5, 5.41) is 0. The fourth-order valence-electron chi connectivity index (χ4n) is 3.51. The lowest BCUT2D eigenvalue weighted by Crippen LogP contribution is -2.14. The molecule has 2 aromatic rings. The Morgan fingerprint density at radius 2 is 2.00 bits per heavy atom. The first-order valence-corrected chi connectivity index (χ1v) is 7.14. The second-order valence-electron chi connectivity index (χ2n) is 5.96. The maximum atomic E-state index is 6.17. The molecule has 0 bridgehead atoms. The highest BCUT2D eigenvalue weighted by Crippen LogP contribution is 2.48. The van der Waals surface area contributed by atoms with Gasteiger partial charge in [0.2, 0.25) is 0 Å². The fraction of sp³-hybridized carbons (Fsp3) is 0.353. The van der Waals surface area contributed by atoms with Gasteiger partial charge in [-0.05, 0) is 43.3 Å². The summed E-state index contributed by atoms with van der Waals surface area (Å²) < 4.78 is 6.17. The molecule has 2 aliphatic heterocycles. The van der Waals surface area contributed by atoms with Gasteiger partial charge in [-0.3, -0.25) is 4.98 Å². The van der Waals surface area contributed by atoms with E-state index >= 15 is 0 Å². The van der Waals surface area contributed by atoms with E-state index < -0.39 is 0 Å². The average molecular weight is 266 g/mol. The van der Waals surface area contributed by atoms with Crippen LogP contribution in [0.2, 0.25) is 0 Å². The molecule has 1 aromatic heterocycles. The van der Waals surface area contributed by atoms with Crippen LogP contribution in [0, 0.1) is 6.92 Å². The Morgan fingerprint density at radius 1 is 1.15 bits per heavy atom. The number of ether oxygens (including phenoxy) is 1. The van der Waals surface area contributed by atoms with Crippen molar-refractivity contribution in [2.24, 2.45) is 0 Å². The van der Waals surface area contributed by atoms with Gasteiger partial charge in [0.25, 0.3) is 0 Å². The number of rotatable bonds is 0. The van der Waals surface area contributed by atoms with Crippen LogP contribution < -0.4 is 4.74 Å². The van der Waals surface area contributed by atoms with E-state index in [-0.39, 0.29) is 0 Å². The molecule has 0 aliphatic carbocycles. The van der Waals surface area contributed by atoms with E-state index in [9.17, 15) is 0 Å². The van der Waals surface area contributed by atoms with Crippen LogP contribution in [-0.4, -0.2) is 30.0 Å². The summed E-state index contributed by atoms with van der Waals surface area (Å²) >= 11 is 0. The van der Waals surface area contributed by atoms with Crippen LogP contribution in [0.25, 0.3) is 0 Å². The number of likely N-dealkylation sites (N-methyl/N-ethyl adjacent to an activating group) is 1. The van der Waals surface area contributed by atoms with Crippen LogP contribution in [0.15, 0.2) is 36.5 Å². The molecule has 0 spiro atoms. The first kappa shape index (κ1) is 11.9. The van der Waals surface area contributed by atoms with Gasteiger partial charge in [0, 0.05) is 31.1 Å². The predicted molar refractivity (Wildman–Crippen MR) is 78.5 cm³/mol. The van der Waals surface area contributed by atoms with E-state index in [0.717, 1.165) is 30.3 Å². The van der Waals surface area contributed by atoms with Gasteiger partial charge < -0.3 is 9.64 Å². The van der Waals surface area contributed by atoms with Gasteiger partial charge >= 0.3 is 0 Å². The minimum Gasteiger partial charge on any atom is -0.455 e. The molecule has 3 heteroatoms. The zero-order chi connectivity index (χ0) is 13.7. The van der Waals surface area contributed by atoms with Crippen LogP contribution in [0.1, 0.15) is 28.7 Å². The standard InChI is InChI=1S/C17H18N2O/c1-11-5-6-12-13-9-19(2)10-14(13)17-15(4-3-7-18-17)20-16(12)8-11/h3-8,13-14H,9-10H2,1-2H3/t13-,14+/m1/s1. The smallest absolute Gasteiger partial charge is 0.149 e. The van der Waals surface area contributed by atoms with Gasteiger partial charge in [0.15, 0.2) is 0 Å². The normalized spacial score (nSPS) is 24.3. The third kappa shape index (κ3) is 1.74. The van der Waals surface area contributed by atoms with Crippen molar-refractivity contribution in [1.29, 1.82) is 0 Å². The number of aromatic nitrogens is 1. The van der Waals surface area contributed by atoms with E-state index in [1.54, 1.807) is 0 Å². The number of benzene rings is 1. The Labute approximate surface area is 119 Å². The number of aryl methyl sites for hydroxylation is 1. The molecule has 0 N–H and O–H groups in total. The van der Waals surface area contributed by atoms with Crippen molar-refractivity contribution >= 4 is 0 Å². The minimum absolute atomic E-state index is 0.431. The summed E-state index contributed by atoms with van der Waals surface area (Å²) in [5.41, 5.74) is 3.66. The maximum Gasteiger partial charge on any atom is 0.149 e. The van der Waals surface area contributed by atoms with Crippen molar-refractivity contribution in [3.63, 3.8) is 0 Å². The van der Waals surface area contributed by atoms with Crippen molar-refractivity contribution in [3.05, 3.63) is 53.3 Å². The lowest BCUT2D eigenvalue weighted by atomic mass is 9.86. The van der Waals surface area contributed by atoms with Crippen molar-refractivity contribution in [3.8, 4) is 11.5 Å². The molecule has 1 saturated heterocycles.